The van der Waals surface area contributed by atoms with E-state index in [1.165, 1.54) is 11.8 Å². The summed E-state index contributed by atoms with van der Waals surface area (Å²) in [5.41, 5.74) is 4.24. The van der Waals surface area contributed by atoms with Crippen molar-refractivity contribution in [2.45, 2.75) is 19.3 Å². The maximum absolute atomic E-state index is 13.2. The van der Waals surface area contributed by atoms with Crippen molar-refractivity contribution in [3.8, 4) is 0 Å². The van der Waals surface area contributed by atoms with Gasteiger partial charge in [-0.15, -0.1) is 0 Å². The second kappa shape index (κ2) is 10.7. The summed E-state index contributed by atoms with van der Waals surface area (Å²) in [6, 6.07) is 29.1. The van der Waals surface area contributed by atoms with Gasteiger partial charge in [-0.1, -0.05) is 91.0 Å². The molecule has 35 heavy (non-hydrogen) atoms. The van der Waals surface area contributed by atoms with Gasteiger partial charge in [0.1, 0.15) is 0 Å². The number of thioether (sulfide) groups is 1. The Labute approximate surface area is 210 Å². The normalized spacial score (nSPS) is 17.5. The van der Waals surface area contributed by atoms with E-state index in [-0.39, 0.29) is 18.1 Å². The van der Waals surface area contributed by atoms with E-state index in [0.29, 0.717) is 10.5 Å². The zero-order valence-electron chi connectivity index (χ0n) is 19.4. The van der Waals surface area contributed by atoms with Gasteiger partial charge in [-0.05, 0) is 47.4 Å². The number of allylic oxidation sites excluding steroid dienone is 3. The van der Waals surface area contributed by atoms with Crippen LogP contribution in [0.15, 0.2) is 107 Å². The van der Waals surface area contributed by atoms with E-state index in [1.807, 2.05) is 97.1 Å². The van der Waals surface area contributed by atoms with Gasteiger partial charge in [-0.25, -0.2) is 0 Å². The number of aliphatic imine (C=N–C) groups is 1. The minimum atomic E-state index is -0.214. The topological polar surface area (TPSA) is 49.7 Å². The molecule has 0 radical (unpaired) electrons. The third kappa shape index (κ3) is 5.36. The first kappa shape index (κ1) is 23.1. The van der Waals surface area contributed by atoms with Crippen LogP contribution in [0.3, 0.4) is 0 Å². The highest BCUT2D eigenvalue weighted by atomic mass is 32.2. The lowest BCUT2D eigenvalue weighted by Crippen LogP contribution is -2.23. The van der Waals surface area contributed by atoms with Crippen LogP contribution in [-0.4, -0.2) is 34.8 Å². The molecule has 0 N–H and O–H groups in total. The molecule has 0 aromatic heterocycles. The predicted octanol–water partition coefficient (Wildman–Crippen LogP) is 6.48. The zero-order valence-corrected chi connectivity index (χ0v) is 20.2. The van der Waals surface area contributed by atoms with Crippen LogP contribution in [-0.2, 0) is 4.79 Å². The number of Topliss-reactive ketones (excluding diaryl/α,β-unsaturated/α-hetero) is 1. The fourth-order valence-corrected chi connectivity index (χ4v) is 5.41. The van der Waals surface area contributed by atoms with Crippen LogP contribution in [0, 0.1) is 0 Å². The van der Waals surface area contributed by atoms with Gasteiger partial charge in [-0.2, -0.15) is 4.99 Å². The van der Waals surface area contributed by atoms with Crippen molar-refractivity contribution in [3.05, 3.63) is 119 Å². The third-order valence-corrected chi connectivity index (χ3v) is 7.33. The molecule has 2 heterocycles. The van der Waals surface area contributed by atoms with Gasteiger partial charge >= 0.3 is 0 Å². The number of carbonyl (C=O) groups is 2. The Hall–Kier alpha value is -3.70. The minimum Gasteiger partial charge on any atom is -0.351 e. The predicted molar refractivity (Wildman–Crippen MR) is 144 cm³/mol. The molecule has 4 nitrogen and oxygen atoms in total. The van der Waals surface area contributed by atoms with Gasteiger partial charge in [0, 0.05) is 30.6 Å². The van der Waals surface area contributed by atoms with Crippen molar-refractivity contribution < 1.29 is 9.59 Å². The van der Waals surface area contributed by atoms with Crippen molar-refractivity contribution >= 4 is 39.8 Å². The number of ketones is 1. The molecule has 3 aromatic carbocycles. The molecule has 0 saturated carbocycles. The van der Waals surface area contributed by atoms with Gasteiger partial charge < -0.3 is 4.90 Å². The monoisotopic (exact) mass is 478 g/mol. The molecule has 5 rings (SSSR count). The molecule has 0 spiro atoms. The summed E-state index contributed by atoms with van der Waals surface area (Å²) in [7, 11) is 0. The molecule has 2 aliphatic rings. The summed E-state index contributed by atoms with van der Waals surface area (Å²) in [6.07, 6.45) is 4.49. The van der Waals surface area contributed by atoms with Crippen LogP contribution in [0.25, 0.3) is 11.1 Å². The van der Waals surface area contributed by atoms with Crippen LogP contribution in [0.2, 0.25) is 0 Å². The number of hydrogen-bond acceptors (Lipinski definition) is 4. The van der Waals surface area contributed by atoms with Crippen LogP contribution in [0.4, 0.5) is 0 Å². The lowest BCUT2D eigenvalue weighted by Gasteiger charge is -2.16. The second-order valence-corrected chi connectivity index (χ2v) is 9.58. The number of hydrogen-bond donors (Lipinski definition) is 0. The van der Waals surface area contributed by atoms with Crippen molar-refractivity contribution in [1.29, 1.82) is 0 Å². The number of carbonyl (C=O) groups excluding carboxylic acids is 2. The fourth-order valence-electron chi connectivity index (χ4n) is 4.37. The Kier molecular flexibility index (Phi) is 7.05. The first-order valence-electron chi connectivity index (χ1n) is 11.9. The lowest BCUT2D eigenvalue weighted by molar-refractivity contribution is -0.113. The third-order valence-electron chi connectivity index (χ3n) is 6.20. The van der Waals surface area contributed by atoms with Gasteiger partial charge in [0.05, 0.1) is 4.91 Å². The number of amidine groups is 1. The SMILES string of the molecule is O=C1N=C(N2CCCC2)S/C1=C(\C=C(\CC(=O)c1ccccc1)c1ccccc1)c1ccccc1. The lowest BCUT2D eigenvalue weighted by atomic mass is 9.93. The average molecular weight is 479 g/mol. The number of nitrogens with zero attached hydrogens (tertiary/aromatic N) is 2. The molecule has 0 atom stereocenters. The first-order chi connectivity index (χ1) is 17.2. The molecular formula is C30H26N2O2S. The van der Waals surface area contributed by atoms with Crippen LogP contribution in [0.1, 0.15) is 40.7 Å². The van der Waals surface area contributed by atoms with E-state index in [1.54, 1.807) is 0 Å². The Morgan fingerprint density at radius 1 is 0.800 bits per heavy atom. The first-order valence-corrected chi connectivity index (χ1v) is 12.7. The van der Waals surface area contributed by atoms with E-state index < -0.39 is 0 Å². The highest BCUT2D eigenvalue weighted by Gasteiger charge is 2.30. The highest BCUT2D eigenvalue weighted by Crippen LogP contribution is 2.38. The summed E-state index contributed by atoms with van der Waals surface area (Å²) in [5, 5.41) is 0.783. The van der Waals surface area contributed by atoms with E-state index in [4.69, 9.17) is 0 Å². The number of likely N-dealkylation sites (tertiary alicyclic amines) is 1. The standard InChI is InChI=1S/C30H26N2O2S/c33-27(24-16-8-3-9-17-24)21-25(22-12-4-1-5-13-22)20-26(23-14-6-2-7-15-23)28-29(34)31-30(35-28)32-18-10-11-19-32/h1-9,12-17,20H,10-11,18-19,21H2/b25-20-,28-26+. The van der Waals surface area contributed by atoms with Crippen molar-refractivity contribution in [3.63, 3.8) is 0 Å². The molecule has 0 aliphatic carbocycles. The number of amides is 1. The molecule has 2 aliphatic heterocycles. The summed E-state index contributed by atoms with van der Waals surface area (Å²) in [6.45, 7) is 1.87. The van der Waals surface area contributed by atoms with E-state index >= 15 is 0 Å². The van der Waals surface area contributed by atoms with Gasteiger partial charge in [0.15, 0.2) is 11.0 Å². The molecule has 0 unspecified atom stereocenters. The Balaban J connectivity index is 1.59. The Morgan fingerprint density at radius 2 is 1.34 bits per heavy atom. The summed E-state index contributed by atoms with van der Waals surface area (Å²) in [4.78, 5) is 33.5. The quantitative estimate of drug-likeness (QED) is 0.301. The summed E-state index contributed by atoms with van der Waals surface area (Å²) in [5.74, 6) is -0.175. The Bertz CT molecular complexity index is 1310. The molecule has 1 saturated heterocycles. The smallest absolute Gasteiger partial charge is 0.286 e. The van der Waals surface area contributed by atoms with Crippen molar-refractivity contribution in [1.82, 2.24) is 4.90 Å². The van der Waals surface area contributed by atoms with E-state index in [0.717, 1.165) is 53.4 Å². The maximum atomic E-state index is 13.2. The highest BCUT2D eigenvalue weighted by molar-refractivity contribution is 8.18. The number of rotatable bonds is 6. The van der Waals surface area contributed by atoms with E-state index in [9.17, 15) is 9.59 Å². The van der Waals surface area contributed by atoms with Gasteiger partial charge in [-0.3, -0.25) is 9.59 Å². The van der Waals surface area contributed by atoms with Crippen molar-refractivity contribution in [2.75, 3.05) is 13.1 Å². The van der Waals surface area contributed by atoms with Crippen molar-refractivity contribution in [2.24, 2.45) is 4.99 Å². The molecule has 3 aromatic rings. The number of benzene rings is 3. The molecule has 5 heteroatoms. The summed E-state index contributed by atoms with van der Waals surface area (Å²) >= 11 is 1.45. The van der Waals surface area contributed by atoms with Gasteiger partial charge in [0.25, 0.3) is 5.91 Å². The Morgan fingerprint density at radius 3 is 1.94 bits per heavy atom. The second-order valence-electron chi connectivity index (χ2n) is 8.61. The fraction of sp³-hybridized carbons (Fsp3) is 0.167. The molecule has 1 fully saturated rings. The van der Waals surface area contributed by atoms with Gasteiger partial charge in [0.2, 0.25) is 0 Å². The van der Waals surface area contributed by atoms with Crippen LogP contribution < -0.4 is 0 Å². The molecular weight excluding hydrogens is 452 g/mol. The molecule has 1 amide bonds. The minimum absolute atomic E-state index is 0.0394. The largest absolute Gasteiger partial charge is 0.351 e. The average Bonchev–Trinajstić information content (AvgIpc) is 3.58. The zero-order chi connectivity index (χ0) is 24.0. The maximum Gasteiger partial charge on any atom is 0.286 e. The van der Waals surface area contributed by atoms with Crippen LogP contribution in [0.5, 0.6) is 0 Å². The van der Waals surface area contributed by atoms with Crippen LogP contribution >= 0.6 is 11.8 Å². The summed E-state index contributed by atoms with van der Waals surface area (Å²) < 4.78 is 0. The molecule has 174 valence electrons. The molecule has 0 bridgehead atoms. The van der Waals surface area contributed by atoms with E-state index in [2.05, 4.69) is 9.89 Å².